The Morgan fingerprint density at radius 3 is 2.64 bits per heavy atom. The molecule has 1 unspecified atom stereocenters. The van der Waals surface area contributed by atoms with Crippen molar-refractivity contribution < 1.29 is 41.4 Å². The van der Waals surface area contributed by atoms with Crippen molar-refractivity contribution in [2.24, 2.45) is 0 Å². The third kappa shape index (κ3) is 5.19. The zero-order chi connectivity index (χ0) is 30.9. The van der Waals surface area contributed by atoms with E-state index in [1.165, 1.54) is 19.2 Å². The van der Waals surface area contributed by atoms with Crippen molar-refractivity contribution in [1.29, 1.82) is 0 Å². The number of carbonyl (C=O) groups is 1. The normalized spacial score (nSPS) is 22.5. The Hall–Kier alpha value is -3.84. The lowest BCUT2D eigenvalue weighted by molar-refractivity contribution is -0.274. The molecule has 13 heteroatoms. The standard InChI is InChI=1S/C32H30F3N3O6S/c1-40-30(39)22-14-25-27(29-20(22)10-11-41-29)36-31(45-25)38-17-8-9-18(38)13-19(12-17)42-15-23-26(37-44-28(23)16-6-7-16)21-4-2-3-5-24(21)43-32(33,34)35/h2-5,14,16-19H,6-13,15H2,1H3/t17-,18+,19?. The van der Waals surface area contributed by atoms with Crippen molar-refractivity contribution in [2.75, 3.05) is 18.6 Å². The average Bonchev–Trinajstić information content (AvgIpc) is 3.31. The molecule has 8 rings (SSSR count). The molecule has 2 aromatic heterocycles. The smallest absolute Gasteiger partial charge is 0.491 e. The minimum atomic E-state index is -4.83. The molecule has 9 nitrogen and oxygen atoms in total. The van der Waals surface area contributed by atoms with Crippen LogP contribution in [0.25, 0.3) is 21.5 Å². The molecule has 0 spiro atoms. The van der Waals surface area contributed by atoms with Gasteiger partial charge in [0, 0.05) is 41.1 Å². The molecule has 0 radical (unpaired) electrons. The van der Waals surface area contributed by atoms with Crippen LogP contribution < -0.4 is 14.4 Å². The minimum Gasteiger partial charge on any atom is -0.491 e. The summed E-state index contributed by atoms with van der Waals surface area (Å²) in [6.45, 7) is 0.701. The number of halogens is 3. The predicted molar refractivity (Wildman–Crippen MR) is 158 cm³/mol. The lowest BCUT2D eigenvalue weighted by Crippen LogP contribution is -2.45. The summed E-state index contributed by atoms with van der Waals surface area (Å²) in [5.74, 6) is 0.868. The van der Waals surface area contributed by atoms with Gasteiger partial charge in [0.2, 0.25) is 0 Å². The van der Waals surface area contributed by atoms with Crippen molar-refractivity contribution in [3.05, 3.63) is 52.8 Å². The van der Waals surface area contributed by atoms with Gasteiger partial charge >= 0.3 is 12.3 Å². The van der Waals surface area contributed by atoms with Crippen molar-refractivity contribution in [2.45, 2.75) is 82.0 Å². The van der Waals surface area contributed by atoms with Crippen LogP contribution in [0.3, 0.4) is 0 Å². The molecule has 4 aliphatic rings. The second-order valence-corrected chi connectivity index (χ2v) is 13.1. The van der Waals surface area contributed by atoms with Gasteiger partial charge in [-0.2, -0.15) is 0 Å². The minimum absolute atomic E-state index is 0.0388. The van der Waals surface area contributed by atoms with Crippen LogP contribution in [0.15, 0.2) is 34.9 Å². The van der Waals surface area contributed by atoms with Crippen molar-refractivity contribution in [3.8, 4) is 22.8 Å². The summed E-state index contributed by atoms with van der Waals surface area (Å²) in [7, 11) is 1.38. The van der Waals surface area contributed by atoms with E-state index in [1.54, 1.807) is 23.5 Å². The summed E-state index contributed by atoms with van der Waals surface area (Å²) in [4.78, 5) is 19.9. The topological polar surface area (TPSA) is 96.2 Å². The first-order valence-electron chi connectivity index (χ1n) is 15.2. The number of rotatable bonds is 8. The maximum atomic E-state index is 13.2. The molecule has 1 saturated carbocycles. The number of hydrogen-bond acceptors (Lipinski definition) is 10. The number of ether oxygens (including phenoxy) is 4. The Morgan fingerprint density at radius 2 is 1.91 bits per heavy atom. The van der Waals surface area contributed by atoms with Gasteiger partial charge in [-0.05, 0) is 56.7 Å². The first-order valence-corrected chi connectivity index (χ1v) is 16.0. The highest BCUT2D eigenvalue weighted by Gasteiger charge is 2.43. The van der Waals surface area contributed by atoms with Gasteiger partial charge in [-0.25, -0.2) is 9.78 Å². The van der Waals surface area contributed by atoms with Gasteiger partial charge in [0.1, 0.15) is 22.7 Å². The van der Waals surface area contributed by atoms with Crippen LogP contribution >= 0.6 is 11.3 Å². The summed E-state index contributed by atoms with van der Waals surface area (Å²) >= 11 is 1.56. The molecule has 0 amide bonds. The van der Waals surface area contributed by atoms with Gasteiger partial charge < -0.3 is 28.4 Å². The number of alkyl halides is 3. The molecular weight excluding hydrogens is 611 g/mol. The number of fused-ring (bicyclic) bond motifs is 5. The van der Waals surface area contributed by atoms with E-state index in [0.29, 0.717) is 41.4 Å². The molecule has 2 bridgehead atoms. The fourth-order valence-corrected chi connectivity index (χ4v) is 8.27. The van der Waals surface area contributed by atoms with E-state index in [4.69, 9.17) is 23.7 Å². The molecule has 4 aromatic rings. The summed E-state index contributed by atoms with van der Waals surface area (Å²) in [5.41, 5.74) is 3.41. The second kappa shape index (κ2) is 10.9. The van der Waals surface area contributed by atoms with Gasteiger partial charge in [-0.15, -0.1) is 13.2 Å². The summed E-state index contributed by atoms with van der Waals surface area (Å²) in [6.07, 6.45) is 1.28. The van der Waals surface area contributed by atoms with Gasteiger partial charge in [0.25, 0.3) is 0 Å². The highest BCUT2D eigenvalue weighted by atomic mass is 32.1. The number of hydrogen-bond donors (Lipinski definition) is 0. The number of piperidine rings is 1. The van der Waals surface area contributed by atoms with Gasteiger partial charge in [-0.1, -0.05) is 28.6 Å². The van der Waals surface area contributed by atoms with E-state index >= 15 is 0 Å². The van der Waals surface area contributed by atoms with Gasteiger partial charge in [0.05, 0.1) is 36.7 Å². The molecule has 1 aliphatic carbocycles. The maximum absolute atomic E-state index is 13.2. The summed E-state index contributed by atoms with van der Waals surface area (Å²) in [6, 6.07) is 8.33. The predicted octanol–water partition coefficient (Wildman–Crippen LogP) is 7.17. The van der Waals surface area contributed by atoms with Crippen LogP contribution in [0.1, 0.15) is 71.7 Å². The SMILES string of the molecule is COC(=O)c1cc2sc(N3[C@@H]4CC[C@H]3CC(OCc3c(-c5ccccc5OC(F)(F)F)noc3C3CC3)C4)nc2c2c1CCO2. The van der Waals surface area contributed by atoms with Gasteiger partial charge in [-0.3, -0.25) is 0 Å². The van der Waals surface area contributed by atoms with E-state index in [0.717, 1.165) is 59.4 Å². The molecule has 3 aliphatic heterocycles. The van der Waals surface area contributed by atoms with Crippen molar-refractivity contribution in [1.82, 2.24) is 10.1 Å². The van der Waals surface area contributed by atoms with Crippen molar-refractivity contribution in [3.63, 3.8) is 0 Å². The lowest BCUT2D eigenvalue weighted by Gasteiger charge is -2.38. The zero-order valence-electron chi connectivity index (χ0n) is 24.4. The number of esters is 1. The molecular formula is C32H30F3N3O6S. The van der Waals surface area contributed by atoms with Crippen LogP contribution in [-0.4, -0.2) is 54.4 Å². The number of anilines is 1. The quantitative estimate of drug-likeness (QED) is 0.186. The molecule has 5 heterocycles. The number of aromatic nitrogens is 2. The Morgan fingerprint density at radius 1 is 1.13 bits per heavy atom. The first kappa shape index (κ1) is 28.6. The Kier molecular flexibility index (Phi) is 6.93. The van der Waals surface area contributed by atoms with E-state index in [9.17, 15) is 18.0 Å². The van der Waals surface area contributed by atoms with Crippen LogP contribution in [0.4, 0.5) is 18.3 Å². The number of benzene rings is 2. The van der Waals surface area contributed by atoms with Crippen LogP contribution in [0.2, 0.25) is 0 Å². The van der Waals surface area contributed by atoms with E-state index in [2.05, 4.69) is 14.8 Å². The Labute approximate surface area is 260 Å². The highest BCUT2D eigenvalue weighted by Crippen LogP contribution is 2.48. The number of carbonyl (C=O) groups excluding carboxylic acids is 1. The first-order chi connectivity index (χ1) is 21.8. The van der Waals surface area contributed by atoms with Crippen LogP contribution in [0, 0.1) is 0 Å². The highest BCUT2D eigenvalue weighted by molar-refractivity contribution is 7.22. The molecule has 45 heavy (non-hydrogen) atoms. The average molecular weight is 642 g/mol. The molecule has 2 aromatic carbocycles. The largest absolute Gasteiger partial charge is 0.573 e. The maximum Gasteiger partial charge on any atom is 0.573 e. The Bertz CT molecular complexity index is 1770. The summed E-state index contributed by atoms with van der Waals surface area (Å²) in [5, 5.41) is 5.12. The number of thiazole rings is 1. The fourth-order valence-electron chi connectivity index (χ4n) is 7.12. The van der Waals surface area contributed by atoms with Crippen LogP contribution in [0.5, 0.6) is 11.5 Å². The second-order valence-electron chi connectivity index (χ2n) is 12.1. The molecule has 3 atom stereocenters. The number of para-hydroxylation sites is 1. The zero-order valence-corrected chi connectivity index (χ0v) is 25.2. The Balaban J connectivity index is 1.02. The third-order valence-corrected chi connectivity index (χ3v) is 10.3. The van der Waals surface area contributed by atoms with E-state index in [-0.39, 0.29) is 48.0 Å². The summed E-state index contributed by atoms with van der Waals surface area (Å²) < 4.78 is 67.9. The number of methoxy groups -OCH3 is 1. The van der Waals surface area contributed by atoms with E-state index in [1.807, 2.05) is 6.07 Å². The van der Waals surface area contributed by atoms with E-state index < -0.39 is 6.36 Å². The molecule has 3 fully saturated rings. The molecule has 2 saturated heterocycles. The number of nitrogens with zero attached hydrogens (tertiary/aromatic N) is 3. The lowest BCUT2D eigenvalue weighted by atomic mass is 10.00. The third-order valence-electron chi connectivity index (χ3n) is 9.24. The van der Waals surface area contributed by atoms with Gasteiger partial charge in [0.15, 0.2) is 10.9 Å². The van der Waals surface area contributed by atoms with Crippen molar-refractivity contribution >= 4 is 32.7 Å². The molecule has 236 valence electrons. The van der Waals surface area contributed by atoms with Crippen LogP contribution in [-0.2, 0) is 22.5 Å². The molecule has 0 N–H and O–H groups in total. The fraction of sp³-hybridized carbons (Fsp3) is 0.469. The monoisotopic (exact) mass is 641 g/mol.